The number of halogens is 2. The molecule has 0 aliphatic carbocycles. The van der Waals surface area contributed by atoms with Crippen LogP contribution in [0.3, 0.4) is 0 Å². The Hall–Kier alpha value is -2.36. The highest BCUT2D eigenvalue weighted by atomic mass is 35.5. The topological polar surface area (TPSA) is 30.5 Å². The van der Waals surface area contributed by atoms with Crippen molar-refractivity contribution in [2.24, 2.45) is 0 Å². The summed E-state index contributed by atoms with van der Waals surface area (Å²) in [4.78, 5) is 0. The Kier molecular flexibility index (Phi) is 7.07. The van der Waals surface area contributed by atoms with E-state index in [0.29, 0.717) is 24.8 Å². The van der Waals surface area contributed by atoms with E-state index in [9.17, 15) is 0 Å². The van der Waals surface area contributed by atoms with E-state index in [2.05, 4.69) is 5.32 Å². The molecule has 0 saturated heterocycles. The molecule has 28 heavy (non-hydrogen) atoms. The summed E-state index contributed by atoms with van der Waals surface area (Å²) >= 11 is 12.2. The fraction of sp³-hybridized carbons (Fsp3) is 0.217. The van der Waals surface area contributed by atoms with Gasteiger partial charge in [0, 0.05) is 27.8 Å². The van der Waals surface area contributed by atoms with Gasteiger partial charge in [0.05, 0.1) is 6.61 Å². The molecule has 3 aromatic rings. The van der Waals surface area contributed by atoms with Crippen molar-refractivity contribution in [2.75, 3.05) is 11.9 Å². The van der Waals surface area contributed by atoms with E-state index >= 15 is 0 Å². The molecule has 0 aliphatic heterocycles. The van der Waals surface area contributed by atoms with Gasteiger partial charge in [0.15, 0.2) is 11.5 Å². The summed E-state index contributed by atoms with van der Waals surface area (Å²) in [6.45, 7) is 5.55. The molecule has 0 atom stereocenters. The van der Waals surface area contributed by atoms with Crippen LogP contribution in [-0.2, 0) is 13.2 Å². The first kappa shape index (κ1) is 20.4. The van der Waals surface area contributed by atoms with Crippen molar-refractivity contribution in [3.05, 3.63) is 87.4 Å². The first-order valence-electron chi connectivity index (χ1n) is 9.18. The highest BCUT2D eigenvalue weighted by molar-refractivity contribution is 6.31. The van der Waals surface area contributed by atoms with Gasteiger partial charge in [-0.1, -0.05) is 53.5 Å². The van der Waals surface area contributed by atoms with Crippen molar-refractivity contribution in [2.45, 2.75) is 27.0 Å². The fourth-order valence-electron chi connectivity index (χ4n) is 2.77. The monoisotopic (exact) mass is 415 g/mol. The number of nitrogens with one attached hydrogen (secondary N) is 1. The number of rotatable bonds is 8. The van der Waals surface area contributed by atoms with Crippen molar-refractivity contribution in [3.8, 4) is 11.5 Å². The number of anilines is 1. The van der Waals surface area contributed by atoms with Crippen LogP contribution in [0, 0.1) is 6.92 Å². The Labute approximate surface area is 176 Å². The van der Waals surface area contributed by atoms with Gasteiger partial charge in [0.25, 0.3) is 0 Å². The van der Waals surface area contributed by atoms with Gasteiger partial charge >= 0.3 is 0 Å². The van der Waals surface area contributed by atoms with Crippen molar-refractivity contribution in [3.63, 3.8) is 0 Å². The van der Waals surface area contributed by atoms with E-state index in [0.717, 1.165) is 38.9 Å². The lowest BCUT2D eigenvalue weighted by atomic mass is 10.1. The standard InChI is InChI=1S/C23H23Cl2NO2/c1-3-27-22-6-4-5-18(14-26-20-12-7-16(2)21(25)13-20)23(22)28-15-17-8-10-19(24)11-9-17/h4-13,26H,3,14-15H2,1-2H3. The molecule has 146 valence electrons. The number of hydrogen-bond donors (Lipinski definition) is 1. The van der Waals surface area contributed by atoms with E-state index < -0.39 is 0 Å². The lowest BCUT2D eigenvalue weighted by Gasteiger charge is -2.17. The second-order valence-corrected chi connectivity index (χ2v) is 7.25. The largest absolute Gasteiger partial charge is 0.490 e. The maximum absolute atomic E-state index is 6.23. The number of hydrogen-bond acceptors (Lipinski definition) is 3. The lowest BCUT2D eigenvalue weighted by Crippen LogP contribution is -2.06. The van der Waals surface area contributed by atoms with E-state index in [1.807, 2.05) is 74.5 Å². The summed E-state index contributed by atoms with van der Waals surface area (Å²) in [6, 6.07) is 19.5. The van der Waals surface area contributed by atoms with E-state index in [1.165, 1.54) is 0 Å². The highest BCUT2D eigenvalue weighted by Crippen LogP contribution is 2.33. The predicted octanol–water partition coefficient (Wildman–Crippen LogP) is 6.89. The molecule has 0 unspecified atom stereocenters. The van der Waals surface area contributed by atoms with Gasteiger partial charge in [-0.15, -0.1) is 0 Å². The van der Waals surface area contributed by atoms with Crippen LogP contribution >= 0.6 is 23.2 Å². The second-order valence-electron chi connectivity index (χ2n) is 6.41. The molecule has 3 nitrogen and oxygen atoms in total. The van der Waals surface area contributed by atoms with Crippen LogP contribution in [0.25, 0.3) is 0 Å². The molecular weight excluding hydrogens is 393 g/mol. The molecule has 0 bridgehead atoms. The van der Waals surface area contributed by atoms with Crippen molar-refractivity contribution >= 4 is 28.9 Å². The Morgan fingerprint density at radius 2 is 1.71 bits per heavy atom. The maximum Gasteiger partial charge on any atom is 0.166 e. The normalized spacial score (nSPS) is 10.6. The maximum atomic E-state index is 6.23. The summed E-state index contributed by atoms with van der Waals surface area (Å²) in [5.41, 5.74) is 4.06. The van der Waals surface area contributed by atoms with Crippen LogP contribution in [0.4, 0.5) is 5.69 Å². The SMILES string of the molecule is CCOc1cccc(CNc2ccc(C)c(Cl)c2)c1OCc1ccc(Cl)cc1. The van der Waals surface area contributed by atoms with Crippen LogP contribution in [0.15, 0.2) is 60.7 Å². The Morgan fingerprint density at radius 1 is 0.929 bits per heavy atom. The first-order chi connectivity index (χ1) is 13.6. The van der Waals surface area contributed by atoms with Crippen LogP contribution in [0.5, 0.6) is 11.5 Å². The Balaban J connectivity index is 1.78. The average molecular weight is 416 g/mol. The number of ether oxygens (including phenoxy) is 2. The molecule has 3 aromatic carbocycles. The van der Waals surface area contributed by atoms with Gasteiger partial charge in [-0.2, -0.15) is 0 Å². The molecule has 0 heterocycles. The number of para-hydroxylation sites is 1. The predicted molar refractivity (Wildman–Crippen MR) is 117 cm³/mol. The van der Waals surface area contributed by atoms with Gasteiger partial charge in [-0.3, -0.25) is 0 Å². The van der Waals surface area contributed by atoms with Crippen LogP contribution in [0.2, 0.25) is 10.0 Å². The molecular formula is C23H23Cl2NO2. The quantitative estimate of drug-likeness (QED) is 0.434. The van der Waals surface area contributed by atoms with Gasteiger partial charge in [-0.25, -0.2) is 0 Å². The summed E-state index contributed by atoms with van der Waals surface area (Å²) in [5.74, 6) is 1.47. The van der Waals surface area contributed by atoms with E-state index in [4.69, 9.17) is 32.7 Å². The van der Waals surface area contributed by atoms with Crippen LogP contribution in [-0.4, -0.2) is 6.61 Å². The smallest absolute Gasteiger partial charge is 0.166 e. The zero-order valence-electron chi connectivity index (χ0n) is 16.0. The molecule has 0 spiro atoms. The van der Waals surface area contributed by atoms with E-state index in [1.54, 1.807) is 0 Å². The number of aryl methyl sites for hydroxylation is 1. The van der Waals surface area contributed by atoms with Crippen molar-refractivity contribution in [1.82, 2.24) is 0 Å². The molecule has 0 amide bonds. The first-order valence-corrected chi connectivity index (χ1v) is 9.94. The van der Waals surface area contributed by atoms with Crippen LogP contribution in [0.1, 0.15) is 23.6 Å². The van der Waals surface area contributed by atoms with Gasteiger partial charge in [-0.05, 0) is 55.3 Å². The second kappa shape index (κ2) is 9.72. The lowest BCUT2D eigenvalue weighted by molar-refractivity contribution is 0.267. The minimum Gasteiger partial charge on any atom is -0.490 e. The van der Waals surface area contributed by atoms with Crippen molar-refractivity contribution in [1.29, 1.82) is 0 Å². The average Bonchev–Trinajstić information content (AvgIpc) is 2.69. The molecule has 0 aliphatic rings. The van der Waals surface area contributed by atoms with Gasteiger partial charge in [0.1, 0.15) is 6.61 Å². The molecule has 1 N–H and O–H groups in total. The Morgan fingerprint density at radius 3 is 2.43 bits per heavy atom. The van der Waals surface area contributed by atoms with Crippen LogP contribution < -0.4 is 14.8 Å². The molecule has 5 heteroatoms. The fourth-order valence-corrected chi connectivity index (χ4v) is 3.08. The minimum atomic E-state index is 0.435. The minimum absolute atomic E-state index is 0.435. The summed E-state index contributed by atoms with van der Waals surface area (Å²) in [7, 11) is 0. The summed E-state index contributed by atoms with van der Waals surface area (Å²) in [6.07, 6.45) is 0. The third-order valence-corrected chi connectivity index (χ3v) is 4.97. The van der Waals surface area contributed by atoms with Crippen molar-refractivity contribution < 1.29 is 9.47 Å². The third-order valence-electron chi connectivity index (χ3n) is 4.31. The molecule has 0 saturated carbocycles. The molecule has 3 rings (SSSR count). The molecule has 0 aromatic heterocycles. The highest BCUT2D eigenvalue weighted by Gasteiger charge is 2.12. The van der Waals surface area contributed by atoms with E-state index in [-0.39, 0.29) is 0 Å². The molecule has 0 fully saturated rings. The third kappa shape index (κ3) is 5.34. The summed E-state index contributed by atoms with van der Waals surface area (Å²) in [5, 5.41) is 4.86. The number of benzene rings is 3. The summed E-state index contributed by atoms with van der Waals surface area (Å²) < 4.78 is 11.9. The molecule has 0 radical (unpaired) electrons. The van der Waals surface area contributed by atoms with Gasteiger partial charge in [0.2, 0.25) is 0 Å². The zero-order chi connectivity index (χ0) is 19.9. The van der Waals surface area contributed by atoms with Gasteiger partial charge < -0.3 is 14.8 Å². The zero-order valence-corrected chi connectivity index (χ0v) is 17.5. The Bertz CT molecular complexity index is 926.